The van der Waals surface area contributed by atoms with Gasteiger partial charge in [-0.15, -0.1) is 23.1 Å². The summed E-state index contributed by atoms with van der Waals surface area (Å²) in [6.07, 6.45) is 0.626. The molecule has 0 bridgehead atoms. The van der Waals surface area contributed by atoms with Crippen molar-refractivity contribution >= 4 is 39.0 Å². The molecule has 27 heavy (non-hydrogen) atoms. The molecular weight excluding hydrogens is 406 g/mol. The largest absolute Gasteiger partial charge is 0.497 e. The molecule has 1 saturated heterocycles. The van der Waals surface area contributed by atoms with E-state index >= 15 is 0 Å². The molecule has 1 amide bonds. The molecule has 1 fully saturated rings. The third-order valence-corrected chi connectivity index (χ3v) is 8.02. The van der Waals surface area contributed by atoms with Crippen molar-refractivity contribution in [3.8, 4) is 5.75 Å². The van der Waals surface area contributed by atoms with Gasteiger partial charge >= 0.3 is 0 Å². The van der Waals surface area contributed by atoms with Gasteiger partial charge in [0.15, 0.2) is 0 Å². The summed E-state index contributed by atoms with van der Waals surface area (Å²) in [7, 11) is -2.22. The third kappa shape index (κ3) is 4.63. The number of sulfonamides is 1. The monoisotopic (exact) mass is 427 g/mol. The second-order valence-corrected chi connectivity index (χ2v) is 9.93. The van der Waals surface area contributed by atoms with Crippen molar-refractivity contribution in [2.75, 3.05) is 25.3 Å². The van der Waals surface area contributed by atoms with Gasteiger partial charge in [0.05, 0.1) is 28.6 Å². The molecule has 1 aromatic heterocycles. The number of carbonyl (C=O) groups is 1. The van der Waals surface area contributed by atoms with E-state index in [1.54, 1.807) is 23.5 Å². The Morgan fingerprint density at radius 2 is 2.11 bits per heavy atom. The van der Waals surface area contributed by atoms with Crippen LogP contribution in [0.2, 0.25) is 0 Å². The average Bonchev–Trinajstić information content (AvgIpc) is 3.31. The molecule has 0 saturated carbocycles. The number of methoxy groups -OCH3 is 1. The van der Waals surface area contributed by atoms with E-state index < -0.39 is 16.1 Å². The van der Waals surface area contributed by atoms with Gasteiger partial charge in [0.25, 0.3) is 0 Å². The topological polar surface area (TPSA) is 88.6 Å². The van der Waals surface area contributed by atoms with E-state index in [0.29, 0.717) is 24.5 Å². The van der Waals surface area contributed by atoms with Crippen LogP contribution in [0.4, 0.5) is 0 Å². The summed E-state index contributed by atoms with van der Waals surface area (Å²) in [4.78, 5) is 17.1. The molecule has 1 N–H and O–H groups in total. The first-order valence-corrected chi connectivity index (χ1v) is 11.8. The van der Waals surface area contributed by atoms with Crippen LogP contribution in [-0.2, 0) is 21.2 Å². The van der Waals surface area contributed by atoms with Crippen LogP contribution in [0, 0.1) is 6.92 Å². The van der Waals surface area contributed by atoms with Crippen LogP contribution in [0.15, 0.2) is 34.5 Å². The molecule has 3 rings (SSSR count). The SMILES string of the molecule is COc1ccc(S(=O)(=O)N2CSCC2C(=O)NCCc2csc(C)n2)cc1. The van der Waals surface area contributed by atoms with E-state index in [1.807, 2.05) is 12.3 Å². The van der Waals surface area contributed by atoms with E-state index in [1.165, 1.54) is 35.3 Å². The number of benzene rings is 1. The average molecular weight is 428 g/mol. The third-order valence-electron chi connectivity index (χ3n) is 4.16. The Morgan fingerprint density at radius 1 is 1.37 bits per heavy atom. The maximum absolute atomic E-state index is 12.9. The predicted molar refractivity (Wildman–Crippen MR) is 107 cm³/mol. The number of thiazole rings is 1. The van der Waals surface area contributed by atoms with Gasteiger partial charge < -0.3 is 10.1 Å². The Kier molecular flexibility index (Phi) is 6.40. The van der Waals surface area contributed by atoms with Crippen LogP contribution >= 0.6 is 23.1 Å². The van der Waals surface area contributed by atoms with E-state index in [4.69, 9.17) is 4.74 Å². The lowest BCUT2D eigenvalue weighted by Crippen LogP contribution is -2.47. The van der Waals surface area contributed by atoms with Crippen molar-refractivity contribution < 1.29 is 17.9 Å². The van der Waals surface area contributed by atoms with E-state index in [0.717, 1.165) is 10.7 Å². The molecule has 1 aliphatic heterocycles. The predicted octanol–water partition coefficient (Wildman–Crippen LogP) is 1.88. The molecular formula is C17H21N3O4S3. The minimum Gasteiger partial charge on any atom is -0.497 e. The quantitative estimate of drug-likeness (QED) is 0.726. The van der Waals surface area contributed by atoms with Crippen LogP contribution in [0.5, 0.6) is 5.75 Å². The summed E-state index contributed by atoms with van der Waals surface area (Å²) in [5.41, 5.74) is 0.932. The van der Waals surface area contributed by atoms with Crippen LogP contribution < -0.4 is 10.1 Å². The smallest absolute Gasteiger partial charge is 0.244 e. The number of ether oxygens (including phenoxy) is 1. The number of thioether (sulfide) groups is 1. The first-order valence-electron chi connectivity index (χ1n) is 8.34. The number of aryl methyl sites for hydroxylation is 1. The number of rotatable bonds is 7. The zero-order valence-corrected chi connectivity index (χ0v) is 17.5. The van der Waals surface area contributed by atoms with Gasteiger partial charge in [-0.25, -0.2) is 13.4 Å². The van der Waals surface area contributed by atoms with Crippen LogP contribution in [0.3, 0.4) is 0 Å². The number of aromatic nitrogens is 1. The molecule has 2 heterocycles. The minimum atomic E-state index is -3.75. The van der Waals surface area contributed by atoms with Crippen molar-refractivity contribution in [3.63, 3.8) is 0 Å². The Labute approximate surface area is 167 Å². The molecule has 7 nitrogen and oxygen atoms in total. The standard InChI is InChI=1S/C17H21N3O4S3/c1-12-19-13(9-26-12)7-8-18-17(21)16-10-25-11-20(16)27(22,23)15-5-3-14(24-2)4-6-15/h3-6,9,16H,7-8,10-11H2,1-2H3,(H,18,21). The maximum atomic E-state index is 12.9. The first kappa shape index (κ1) is 20.1. The summed E-state index contributed by atoms with van der Waals surface area (Å²) < 4.78 is 32.2. The van der Waals surface area contributed by atoms with Gasteiger partial charge in [-0.3, -0.25) is 4.79 Å². The normalized spacial score (nSPS) is 17.8. The molecule has 146 valence electrons. The summed E-state index contributed by atoms with van der Waals surface area (Å²) in [5.74, 6) is 1.01. The Balaban J connectivity index is 1.65. The van der Waals surface area contributed by atoms with Crippen LogP contribution in [0.25, 0.3) is 0 Å². The highest BCUT2D eigenvalue weighted by atomic mass is 32.2. The van der Waals surface area contributed by atoms with Gasteiger partial charge in [0.2, 0.25) is 15.9 Å². The highest BCUT2D eigenvalue weighted by molar-refractivity contribution is 8.00. The number of nitrogens with zero attached hydrogens (tertiary/aromatic N) is 2. The molecule has 2 aromatic rings. The Bertz CT molecular complexity index is 896. The van der Waals surface area contributed by atoms with Crippen molar-refractivity contribution in [1.82, 2.24) is 14.6 Å². The molecule has 0 spiro atoms. The van der Waals surface area contributed by atoms with E-state index in [9.17, 15) is 13.2 Å². The molecule has 0 aliphatic carbocycles. The summed E-state index contributed by atoms with van der Waals surface area (Å²) in [5, 5.41) is 5.79. The summed E-state index contributed by atoms with van der Waals surface area (Å²) >= 11 is 3.00. The lowest BCUT2D eigenvalue weighted by atomic mass is 10.3. The molecule has 1 unspecified atom stereocenters. The van der Waals surface area contributed by atoms with E-state index in [2.05, 4.69) is 10.3 Å². The second-order valence-electron chi connectivity index (χ2n) is 5.98. The lowest BCUT2D eigenvalue weighted by molar-refractivity contribution is -0.123. The van der Waals surface area contributed by atoms with Crippen LogP contribution in [-0.4, -0.2) is 54.9 Å². The number of amides is 1. The fourth-order valence-electron chi connectivity index (χ4n) is 2.71. The summed E-state index contributed by atoms with van der Waals surface area (Å²) in [6, 6.07) is 5.48. The lowest BCUT2D eigenvalue weighted by Gasteiger charge is -2.22. The van der Waals surface area contributed by atoms with Gasteiger partial charge in [-0.1, -0.05) is 0 Å². The first-order chi connectivity index (χ1) is 12.9. The zero-order chi connectivity index (χ0) is 19.4. The van der Waals surface area contributed by atoms with Crippen molar-refractivity contribution in [2.24, 2.45) is 0 Å². The molecule has 1 atom stereocenters. The van der Waals surface area contributed by atoms with Crippen LogP contribution in [0.1, 0.15) is 10.7 Å². The minimum absolute atomic E-state index is 0.154. The fraction of sp³-hybridized carbons (Fsp3) is 0.412. The van der Waals surface area contributed by atoms with Gasteiger partial charge in [0.1, 0.15) is 11.8 Å². The summed E-state index contributed by atoms with van der Waals surface area (Å²) in [6.45, 7) is 2.37. The van der Waals surface area contributed by atoms with Crippen molar-refractivity contribution in [2.45, 2.75) is 24.3 Å². The van der Waals surface area contributed by atoms with E-state index in [-0.39, 0.29) is 16.7 Å². The second kappa shape index (κ2) is 8.59. The molecule has 1 aliphatic rings. The zero-order valence-electron chi connectivity index (χ0n) is 15.0. The Hall–Kier alpha value is -1.62. The Morgan fingerprint density at radius 3 is 2.74 bits per heavy atom. The number of carbonyl (C=O) groups excluding carboxylic acids is 1. The molecule has 0 radical (unpaired) electrons. The molecule has 10 heteroatoms. The van der Waals surface area contributed by atoms with Crippen molar-refractivity contribution in [1.29, 1.82) is 0 Å². The molecule has 1 aromatic carbocycles. The number of hydrogen-bond donors (Lipinski definition) is 1. The van der Waals surface area contributed by atoms with Gasteiger partial charge in [-0.2, -0.15) is 4.31 Å². The van der Waals surface area contributed by atoms with Gasteiger partial charge in [-0.05, 0) is 31.2 Å². The highest BCUT2D eigenvalue weighted by Gasteiger charge is 2.39. The fourth-order valence-corrected chi connectivity index (χ4v) is 6.50. The highest BCUT2D eigenvalue weighted by Crippen LogP contribution is 2.29. The number of hydrogen-bond acceptors (Lipinski definition) is 7. The van der Waals surface area contributed by atoms with Gasteiger partial charge in [0, 0.05) is 24.1 Å². The maximum Gasteiger partial charge on any atom is 0.244 e. The number of nitrogens with one attached hydrogen (secondary N) is 1. The van der Waals surface area contributed by atoms with Crippen molar-refractivity contribution in [3.05, 3.63) is 40.3 Å².